The molecular formula is C13H10FNO. The maximum atomic E-state index is 13.1. The van der Waals surface area contributed by atoms with Gasteiger partial charge in [0.15, 0.2) is 0 Å². The molecular weight excluding hydrogens is 205 g/mol. The van der Waals surface area contributed by atoms with Crippen LogP contribution in [0.2, 0.25) is 0 Å². The van der Waals surface area contributed by atoms with Crippen LogP contribution in [0.15, 0.2) is 36.4 Å². The highest BCUT2D eigenvalue weighted by atomic mass is 19.1. The molecule has 0 aliphatic carbocycles. The van der Waals surface area contributed by atoms with Crippen molar-refractivity contribution in [2.75, 3.05) is 0 Å². The van der Waals surface area contributed by atoms with Crippen molar-refractivity contribution in [3.05, 3.63) is 47.8 Å². The minimum absolute atomic E-state index is 0.0136. The third kappa shape index (κ3) is 1.29. The lowest BCUT2D eigenvalue weighted by atomic mass is 10.1. The second-order valence-electron chi connectivity index (χ2n) is 3.85. The molecule has 16 heavy (non-hydrogen) atoms. The lowest BCUT2D eigenvalue weighted by Gasteiger charge is -1.95. The van der Waals surface area contributed by atoms with E-state index in [1.54, 1.807) is 6.07 Å². The number of halogens is 1. The summed E-state index contributed by atoms with van der Waals surface area (Å²) >= 11 is 0. The Morgan fingerprint density at radius 3 is 2.44 bits per heavy atom. The van der Waals surface area contributed by atoms with Gasteiger partial charge in [-0.1, -0.05) is 12.1 Å². The highest BCUT2D eigenvalue weighted by Crippen LogP contribution is 2.26. The van der Waals surface area contributed by atoms with E-state index in [2.05, 4.69) is 4.98 Å². The number of hydrogen-bond donors (Lipinski definition) is 2. The number of H-pyrrole nitrogens is 1. The van der Waals surface area contributed by atoms with Gasteiger partial charge >= 0.3 is 0 Å². The van der Waals surface area contributed by atoms with Crippen LogP contribution in [0, 0.1) is 5.82 Å². The molecule has 0 spiro atoms. The minimum atomic E-state index is -0.249. The molecule has 80 valence electrons. The van der Waals surface area contributed by atoms with Crippen molar-refractivity contribution in [2.24, 2.45) is 0 Å². The van der Waals surface area contributed by atoms with Gasteiger partial charge in [-0.2, -0.15) is 0 Å². The van der Waals surface area contributed by atoms with Crippen LogP contribution in [0.25, 0.3) is 21.8 Å². The molecule has 2 N–H and O–H groups in total. The number of aliphatic hydroxyl groups excluding tert-OH is 1. The third-order valence-corrected chi connectivity index (χ3v) is 2.81. The van der Waals surface area contributed by atoms with Crippen LogP contribution in [0.1, 0.15) is 5.56 Å². The summed E-state index contributed by atoms with van der Waals surface area (Å²) in [5, 5.41) is 11.1. The van der Waals surface area contributed by atoms with Gasteiger partial charge in [-0.25, -0.2) is 4.39 Å². The fraction of sp³-hybridized carbons (Fsp3) is 0.0769. The van der Waals surface area contributed by atoms with Crippen molar-refractivity contribution in [3.8, 4) is 0 Å². The molecule has 3 aromatic rings. The summed E-state index contributed by atoms with van der Waals surface area (Å²) in [6, 6.07) is 10.4. The molecule has 0 aliphatic heterocycles. The largest absolute Gasteiger partial charge is 0.392 e. The number of benzene rings is 2. The Morgan fingerprint density at radius 1 is 1.00 bits per heavy atom. The number of aliphatic hydroxyl groups is 1. The highest BCUT2D eigenvalue weighted by Gasteiger charge is 2.05. The van der Waals surface area contributed by atoms with Crippen LogP contribution < -0.4 is 0 Å². The standard InChI is InChI=1S/C13H10FNO/c14-9-2-4-11-10-3-1-8(7-16)5-12(10)15-13(11)6-9/h1-6,15-16H,7H2. The third-order valence-electron chi connectivity index (χ3n) is 2.81. The van der Waals surface area contributed by atoms with Crippen LogP contribution in [0.4, 0.5) is 4.39 Å². The number of hydrogen-bond acceptors (Lipinski definition) is 1. The molecule has 0 saturated heterocycles. The zero-order valence-electron chi connectivity index (χ0n) is 8.50. The van der Waals surface area contributed by atoms with E-state index < -0.39 is 0 Å². The number of rotatable bonds is 1. The van der Waals surface area contributed by atoms with Crippen molar-refractivity contribution in [1.29, 1.82) is 0 Å². The first-order valence-corrected chi connectivity index (χ1v) is 5.08. The van der Waals surface area contributed by atoms with Crippen LogP contribution in [0.3, 0.4) is 0 Å². The van der Waals surface area contributed by atoms with E-state index in [9.17, 15) is 4.39 Å². The number of fused-ring (bicyclic) bond motifs is 3. The molecule has 0 saturated carbocycles. The average Bonchev–Trinajstić information content (AvgIpc) is 2.64. The van der Waals surface area contributed by atoms with Gasteiger partial charge in [0.05, 0.1) is 6.61 Å². The Kier molecular flexibility index (Phi) is 1.94. The Balaban J connectivity index is 2.40. The van der Waals surface area contributed by atoms with Crippen molar-refractivity contribution >= 4 is 21.8 Å². The second kappa shape index (κ2) is 3.32. The molecule has 0 amide bonds. The molecule has 0 fully saturated rings. The first kappa shape index (κ1) is 9.36. The van der Waals surface area contributed by atoms with Gasteiger partial charge in [-0.15, -0.1) is 0 Å². The molecule has 0 unspecified atom stereocenters. The average molecular weight is 215 g/mol. The molecule has 3 rings (SSSR count). The lowest BCUT2D eigenvalue weighted by molar-refractivity contribution is 0.282. The van der Waals surface area contributed by atoms with E-state index in [1.165, 1.54) is 12.1 Å². The maximum Gasteiger partial charge on any atom is 0.125 e. The highest BCUT2D eigenvalue weighted by molar-refractivity contribution is 6.07. The fourth-order valence-electron chi connectivity index (χ4n) is 2.03. The molecule has 0 aliphatic rings. The maximum absolute atomic E-state index is 13.1. The summed E-state index contributed by atoms with van der Waals surface area (Å²) < 4.78 is 13.1. The smallest absolute Gasteiger partial charge is 0.125 e. The van der Waals surface area contributed by atoms with E-state index in [0.717, 1.165) is 27.4 Å². The van der Waals surface area contributed by atoms with E-state index in [1.807, 2.05) is 18.2 Å². The summed E-state index contributed by atoms with van der Waals surface area (Å²) in [5.41, 5.74) is 2.55. The Hall–Kier alpha value is -1.87. The quantitative estimate of drug-likeness (QED) is 0.643. The first-order valence-electron chi connectivity index (χ1n) is 5.08. The van der Waals surface area contributed by atoms with Gasteiger partial charge < -0.3 is 10.1 Å². The van der Waals surface area contributed by atoms with Crippen molar-refractivity contribution in [3.63, 3.8) is 0 Å². The van der Waals surface area contributed by atoms with Crippen LogP contribution in [0.5, 0.6) is 0 Å². The van der Waals surface area contributed by atoms with E-state index in [0.29, 0.717) is 0 Å². The first-order chi connectivity index (χ1) is 7.78. The summed E-state index contributed by atoms with van der Waals surface area (Å²) in [6.45, 7) is 0.0136. The van der Waals surface area contributed by atoms with Gasteiger partial charge in [0, 0.05) is 21.8 Å². The van der Waals surface area contributed by atoms with Crippen molar-refractivity contribution < 1.29 is 9.50 Å². The molecule has 1 heterocycles. The fourth-order valence-corrected chi connectivity index (χ4v) is 2.03. The topological polar surface area (TPSA) is 36.0 Å². The zero-order valence-corrected chi connectivity index (χ0v) is 8.50. The monoisotopic (exact) mass is 215 g/mol. The number of nitrogens with one attached hydrogen (secondary N) is 1. The van der Waals surface area contributed by atoms with Gasteiger partial charge in [0.1, 0.15) is 5.82 Å². The number of aromatic amines is 1. The van der Waals surface area contributed by atoms with E-state index in [-0.39, 0.29) is 12.4 Å². The van der Waals surface area contributed by atoms with Crippen LogP contribution in [-0.4, -0.2) is 10.1 Å². The van der Waals surface area contributed by atoms with Crippen molar-refractivity contribution in [1.82, 2.24) is 4.98 Å². The van der Waals surface area contributed by atoms with E-state index >= 15 is 0 Å². The van der Waals surface area contributed by atoms with Gasteiger partial charge in [0.2, 0.25) is 0 Å². The Labute approximate surface area is 91.3 Å². The van der Waals surface area contributed by atoms with Crippen LogP contribution in [-0.2, 0) is 6.61 Å². The minimum Gasteiger partial charge on any atom is -0.392 e. The predicted molar refractivity (Wildman–Crippen MR) is 61.7 cm³/mol. The van der Waals surface area contributed by atoms with Gasteiger partial charge in [-0.3, -0.25) is 0 Å². The molecule has 0 bridgehead atoms. The van der Waals surface area contributed by atoms with Gasteiger partial charge in [-0.05, 0) is 29.8 Å². The summed E-state index contributed by atoms with van der Waals surface area (Å²) in [4.78, 5) is 3.14. The normalized spacial score (nSPS) is 11.4. The van der Waals surface area contributed by atoms with Crippen LogP contribution >= 0.6 is 0 Å². The molecule has 0 radical (unpaired) electrons. The summed E-state index contributed by atoms with van der Waals surface area (Å²) in [7, 11) is 0. The summed E-state index contributed by atoms with van der Waals surface area (Å²) in [6.07, 6.45) is 0. The van der Waals surface area contributed by atoms with Crippen molar-refractivity contribution in [2.45, 2.75) is 6.61 Å². The Bertz CT molecular complexity index is 672. The second-order valence-corrected chi connectivity index (χ2v) is 3.85. The molecule has 1 aromatic heterocycles. The van der Waals surface area contributed by atoms with Gasteiger partial charge in [0.25, 0.3) is 0 Å². The SMILES string of the molecule is OCc1ccc2c(c1)[nH]c1cc(F)ccc12. The predicted octanol–water partition coefficient (Wildman–Crippen LogP) is 2.95. The van der Waals surface area contributed by atoms with E-state index in [4.69, 9.17) is 5.11 Å². The Morgan fingerprint density at radius 2 is 1.69 bits per heavy atom. The lowest BCUT2D eigenvalue weighted by Crippen LogP contribution is -1.80. The molecule has 3 heteroatoms. The number of aromatic nitrogens is 1. The molecule has 2 nitrogen and oxygen atoms in total. The molecule has 2 aromatic carbocycles. The molecule has 0 atom stereocenters. The summed E-state index contributed by atoms with van der Waals surface area (Å²) in [5.74, 6) is -0.249. The zero-order chi connectivity index (χ0) is 11.1.